The first-order chi connectivity index (χ1) is 11.9. The largest absolute Gasteiger partial charge is 0.454 e. The van der Waals surface area contributed by atoms with Gasteiger partial charge in [-0.3, -0.25) is 14.5 Å². The zero-order valence-corrected chi connectivity index (χ0v) is 14.1. The molecule has 2 amide bonds. The van der Waals surface area contributed by atoms with E-state index in [1.807, 2.05) is 0 Å². The zero-order chi connectivity index (χ0) is 18.1. The zero-order valence-electron chi connectivity index (χ0n) is 14.1. The molecular formula is C17H17N3O5. The molecule has 1 aromatic carbocycles. The molecule has 1 aromatic heterocycles. The Morgan fingerprint density at radius 2 is 1.76 bits per heavy atom. The van der Waals surface area contributed by atoms with E-state index in [4.69, 9.17) is 9.15 Å². The highest BCUT2D eigenvalue weighted by atomic mass is 16.5. The van der Waals surface area contributed by atoms with Crippen molar-refractivity contribution in [1.82, 2.24) is 15.1 Å². The molecule has 0 spiro atoms. The van der Waals surface area contributed by atoms with Crippen LogP contribution in [-0.2, 0) is 16.1 Å². The Kier molecular flexibility index (Phi) is 4.35. The maximum absolute atomic E-state index is 12.6. The number of ether oxygens (including phenoxy) is 1. The minimum Gasteiger partial charge on any atom is -0.454 e. The van der Waals surface area contributed by atoms with Crippen LogP contribution in [0.2, 0.25) is 0 Å². The van der Waals surface area contributed by atoms with Gasteiger partial charge in [-0.2, -0.15) is 0 Å². The first-order valence-corrected chi connectivity index (χ1v) is 7.82. The lowest BCUT2D eigenvalue weighted by Crippen LogP contribution is -2.48. The first kappa shape index (κ1) is 16.8. The van der Waals surface area contributed by atoms with E-state index in [1.165, 1.54) is 0 Å². The fraction of sp³-hybridized carbons (Fsp3) is 0.353. The van der Waals surface area contributed by atoms with Crippen LogP contribution in [0.4, 0.5) is 0 Å². The van der Waals surface area contributed by atoms with Crippen molar-refractivity contribution in [1.29, 1.82) is 0 Å². The molecule has 0 N–H and O–H groups in total. The van der Waals surface area contributed by atoms with Gasteiger partial charge in [0.15, 0.2) is 6.61 Å². The molecule has 0 saturated heterocycles. The van der Waals surface area contributed by atoms with Crippen molar-refractivity contribution in [2.75, 3.05) is 0 Å². The molecule has 130 valence electrons. The van der Waals surface area contributed by atoms with Crippen LogP contribution in [0.3, 0.4) is 0 Å². The van der Waals surface area contributed by atoms with Crippen molar-refractivity contribution in [3.63, 3.8) is 0 Å². The van der Waals surface area contributed by atoms with Crippen molar-refractivity contribution in [2.24, 2.45) is 5.92 Å². The minimum atomic E-state index is -1.03. The summed E-state index contributed by atoms with van der Waals surface area (Å²) < 4.78 is 10.3. The Balaban J connectivity index is 1.81. The Bertz CT molecular complexity index is 807. The van der Waals surface area contributed by atoms with E-state index in [1.54, 1.807) is 45.0 Å². The molecule has 0 aliphatic carbocycles. The van der Waals surface area contributed by atoms with Crippen LogP contribution >= 0.6 is 0 Å². The number of imide groups is 1. The summed E-state index contributed by atoms with van der Waals surface area (Å²) in [5.74, 6) is -1.50. The number of fused-ring (bicyclic) bond motifs is 1. The van der Waals surface area contributed by atoms with E-state index < -0.39 is 23.8 Å². The van der Waals surface area contributed by atoms with Gasteiger partial charge in [-0.25, -0.2) is 4.79 Å². The van der Waals surface area contributed by atoms with Crippen molar-refractivity contribution in [2.45, 2.75) is 33.4 Å². The van der Waals surface area contributed by atoms with Crippen LogP contribution in [0.1, 0.15) is 46.3 Å². The summed E-state index contributed by atoms with van der Waals surface area (Å²) in [5.41, 5.74) is 0.581. The number of esters is 1. The number of hydrogen-bond acceptors (Lipinski definition) is 7. The minimum absolute atomic E-state index is 0.149. The predicted molar refractivity (Wildman–Crippen MR) is 84.4 cm³/mol. The second kappa shape index (κ2) is 6.46. The first-order valence-electron chi connectivity index (χ1n) is 7.82. The lowest BCUT2D eigenvalue weighted by atomic mass is 10.0. The van der Waals surface area contributed by atoms with Crippen LogP contribution in [0.25, 0.3) is 0 Å². The fourth-order valence-corrected chi connectivity index (χ4v) is 2.75. The van der Waals surface area contributed by atoms with Gasteiger partial charge in [0.25, 0.3) is 17.7 Å². The number of aryl methyl sites for hydroxylation is 1. The molecule has 1 aliphatic rings. The van der Waals surface area contributed by atoms with E-state index in [0.717, 1.165) is 4.90 Å². The lowest BCUT2D eigenvalue weighted by Gasteiger charge is -2.27. The Morgan fingerprint density at radius 1 is 1.16 bits per heavy atom. The third kappa shape index (κ3) is 3.02. The SMILES string of the molecule is Cc1nnc(COC(=O)[C@H](C(C)C)N2C(=O)c3ccccc3C2=O)o1. The van der Waals surface area contributed by atoms with E-state index >= 15 is 0 Å². The number of carbonyl (C=O) groups excluding carboxylic acids is 3. The van der Waals surface area contributed by atoms with Crippen LogP contribution in [0.15, 0.2) is 28.7 Å². The molecule has 8 nitrogen and oxygen atoms in total. The Hall–Kier alpha value is -3.03. The highest BCUT2D eigenvalue weighted by Gasteiger charge is 2.44. The Morgan fingerprint density at radius 3 is 2.24 bits per heavy atom. The second-order valence-electron chi connectivity index (χ2n) is 6.04. The smallest absolute Gasteiger partial charge is 0.330 e. The van der Waals surface area contributed by atoms with Crippen molar-refractivity contribution in [3.8, 4) is 0 Å². The standard InChI is InChI=1S/C17H17N3O5/c1-9(2)14(17(23)24-8-13-19-18-10(3)25-13)20-15(21)11-6-4-5-7-12(11)16(20)22/h4-7,9,14H,8H2,1-3H3/t14-/m0/s1. The summed E-state index contributed by atoms with van der Waals surface area (Å²) in [6.07, 6.45) is 0. The molecule has 2 heterocycles. The number of aromatic nitrogens is 2. The number of amides is 2. The highest BCUT2D eigenvalue weighted by molar-refractivity contribution is 6.22. The van der Waals surface area contributed by atoms with E-state index in [0.29, 0.717) is 17.0 Å². The van der Waals surface area contributed by atoms with Gasteiger partial charge in [0.1, 0.15) is 6.04 Å². The molecule has 3 rings (SSSR count). The molecule has 0 saturated carbocycles. The summed E-state index contributed by atoms with van der Waals surface area (Å²) in [4.78, 5) is 38.7. The number of carbonyl (C=O) groups is 3. The third-order valence-corrected chi connectivity index (χ3v) is 3.88. The number of nitrogens with zero attached hydrogens (tertiary/aromatic N) is 3. The summed E-state index contributed by atoms with van der Waals surface area (Å²) in [5, 5.41) is 7.39. The molecule has 2 aromatic rings. The molecule has 0 bridgehead atoms. The van der Waals surface area contributed by atoms with E-state index in [-0.39, 0.29) is 18.4 Å². The van der Waals surface area contributed by atoms with Gasteiger partial charge in [0.2, 0.25) is 5.89 Å². The average molecular weight is 343 g/mol. The summed E-state index contributed by atoms with van der Waals surface area (Å²) in [6, 6.07) is 5.46. The molecule has 1 aliphatic heterocycles. The Labute approximate surface area is 143 Å². The number of benzene rings is 1. The van der Waals surface area contributed by atoms with Crippen LogP contribution in [0, 0.1) is 12.8 Å². The topological polar surface area (TPSA) is 103 Å². The summed E-state index contributed by atoms with van der Waals surface area (Å²) >= 11 is 0. The molecular weight excluding hydrogens is 326 g/mol. The predicted octanol–water partition coefficient (Wildman–Crippen LogP) is 1.74. The number of hydrogen-bond donors (Lipinski definition) is 0. The third-order valence-electron chi connectivity index (χ3n) is 3.88. The van der Waals surface area contributed by atoms with Gasteiger partial charge in [-0.05, 0) is 18.1 Å². The highest BCUT2D eigenvalue weighted by Crippen LogP contribution is 2.27. The molecule has 0 radical (unpaired) electrons. The van der Waals surface area contributed by atoms with Gasteiger partial charge in [-0.15, -0.1) is 10.2 Å². The van der Waals surface area contributed by atoms with Gasteiger partial charge < -0.3 is 9.15 Å². The van der Waals surface area contributed by atoms with Gasteiger partial charge in [-0.1, -0.05) is 26.0 Å². The molecule has 8 heteroatoms. The molecule has 1 atom stereocenters. The quantitative estimate of drug-likeness (QED) is 0.602. The van der Waals surface area contributed by atoms with Crippen LogP contribution < -0.4 is 0 Å². The van der Waals surface area contributed by atoms with Gasteiger partial charge in [0, 0.05) is 6.92 Å². The summed E-state index contributed by atoms with van der Waals surface area (Å²) in [7, 11) is 0. The van der Waals surface area contributed by atoms with Gasteiger partial charge >= 0.3 is 5.97 Å². The lowest BCUT2D eigenvalue weighted by molar-refractivity contribution is -0.151. The second-order valence-corrected chi connectivity index (χ2v) is 6.04. The normalized spacial score (nSPS) is 14.8. The molecule has 0 unspecified atom stereocenters. The van der Waals surface area contributed by atoms with E-state index in [2.05, 4.69) is 10.2 Å². The van der Waals surface area contributed by atoms with Crippen molar-refractivity contribution >= 4 is 17.8 Å². The van der Waals surface area contributed by atoms with Crippen LogP contribution in [0.5, 0.6) is 0 Å². The molecule has 25 heavy (non-hydrogen) atoms. The summed E-state index contributed by atoms with van der Waals surface area (Å²) in [6.45, 7) is 4.89. The van der Waals surface area contributed by atoms with E-state index in [9.17, 15) is 14.4 Å². The maximum Gasteiger partial charge on any atom is 0.330 e. The van der Waals surface area contributed by atoms with Crippen molar-refractivity contribution < 1.29 is 23.5 Å². The fourth-order valence-electron chi connectivity index (χ4n) is 2.75. The molecule has 0 fully saturated rings. The van der Waals surface area contributed by atoms with Gasteiger partial charge in [0.05, 0.1) is 11.1 Å². The maximum atomic E-state index is 12.6. The number of rotatable bonds is 5. The van der Waals surface area contributed by atoms with Crippen molar-refractivity contribution in [3.05, 3.63) is 47.2 Å². The monoisotopic (exact) mass is 343 g/mol. The van der Waals surface area contributed by atoms with Crippen LogP contribution in [-0.4, -0.2) is 38.9 Å². The average Bonchev–Trinajstić information content (AvgIpc) is 3.10.